The van der Waals surface area contributed by atoms with Crippen LogP contribution in [-0.2, 0) is 9.47 Å². The van der Waals surface area contributed by atoms with E-state index in [0.29, 0.717) is 18.7 Å². The summed E-state index contributed by atoms with van der Waals surface area (Å²) in [5.41, 5.74) is 1.34. The molecule has 1 N–H and O–H groups in total. The fourth-order valence-corrected chi connectivity index (χ4v) is 1.47. The predicted octanol–water partition coefficient (Wildman–Crippen LogP) is 1.94. The second-order valence-electron chi connectivity index (χ2n) is 3.86. The quantitative estimate of drug-likeness (QED) is 0.604. The summed E-state index contributed by atoms with van der Waals surface area (Å²) in [6.45, 7) is 0.881. The van der Waals surface area contributed by atoms with Crippen molar-refractivity contribution in [3.8, 4) is 6.07 Å². The lowest BCUT2D eigenvalue weighted by Gasteiger charge is -2.13. The van der Waals surface area contributed by atoms with E-state index in [0.717, 1.165) is 5.56 Å². The Kier molecular flexibility index (Phi) is 6.75. The fourth-order valence-electron chi connectivity index (χ4n) is 1.47. The monoisotopic (exact) mass is 264 g/mol. The van der Waals surface area contributed by atoms with Crippen molar-refractivity contribution in [3.63, 3.8) is 0 Å². The van der Waals surface area contributed by atoms with Gasteiger partial charge in [0.25, 0.3) is 0 Å². The Morgan fingerprint density at radius 1 is 1.37 bits per heavy atom. The first-order chi connectivity index (χ1) is 9.19. The SMILES string of the molecule is COC(CNC/C(C#N)=C\c1ccc(F)cc1)OC. The smallest absolute Gasteiger partial charge is 0.169 e. The lowest BCUT2D eigenvalue weighted by molar-refractivity contribution is -0.0983. The van der Waals surface area contributed by atoms with Gasteiger partial charge in [-0.05, 0) is 23.8 Å². The zero-order valence-corrected chi connectivity index (χ0v) is 11.0. The van der Waals surface area contributed by atoms with Crippen LogP contribution in [0.3, 0.4) is 0 Å². The van der Waals surface area contributed by atoms with Gasteiger partial charge in [0.2, 0.25) is 0 Å². The van der Waals surface area contributed by atoms with Gasteiger partial charge in [-0.1, -0.05) is 12.1 Å². The molecule has 0 aliphatic carbocycles. The Hall–Kier alpha value is -1.74. The normalized spacial score (nSPS) is 11.6. The molecule has 1 aromatic rings. The maximum Gasteiger partial charge on any atom is 0.169 e. The van der Waals surface area contributed by atoms with Gasteiger partial charge in [-0.15, -0.1) is 0 Å². The standard InChI is InChI=1S/C14H17FN2O2/c1-18-14(19-2)10-17-9-12(8-16)7-11-3-5-13(15)6-4-11/h3-7,14,17H,9-10H2,1-2H3/b12-7-. The summed E-state index contributed by atoms with van der Waals surface area (Å²) >= 11 is 0. The van der Waals surface area contributed by atoms with Gasteiger partial charge in [0.05, 0.1) is 6.07 Å². The number of hydrogen-bond acceptors (Lipinski definition) is 4. The molecule has 0 aliphatic heterocycles. The van der Waals surface area contributed by atoms with E-state index in [2.05, 4.69) is 11.4 Å². The number of benzene rings is 1. The van der Waals surface area contributed by atoms with Gasteiger partial charge in [0.15, 0.2) is 6.29 Å². The van der Waals surface area contributed by atoms with Crippen molar-refractivity contribution in [2.24, 2.45) is 0 Å². The molecule has 0 fully saturated rings. The summed E-state index contributed by atoms with van der Waals surface area (Å²) in [5.74, 6) is -0.295. The molecule has 0 unspecified atom stereocenters. The molecular formula is C14H17FN2O2. The summed E-state index contributed by atoms with van der Waals surface area (Å²) in [5, 5.41) is 12.1. The van der Waals surface area contributed by atoms with E-state index in [1.54, 1.807) is 32.4 Å². The second kappa shape index (κ2) is 8.38. The average Bonchev–Trinajstić information content (AvgIpc) is 2.44. The third-order valence-corrected chi connectivity index (χ3v) is 2.51. The van der Waals surface area contributed by atoms with Gasteiger partial charge in [0, 0.05) is 32.9 Å². The first-order valence-corrected chi connectivity index (χ1v) is 5.82. The van der Waals surface area contributed by atoms with E-state index in [1.807, 2.05) is 0 Å². The number of methoxy groups -OCH3 is 2. The Morgan fingerprint density at radius 2 is 2.00 bits per heavy atom. The van der Waals surface area contributed by atoms with Crippen molar-refractivity contribution in [2.45, 2.75) is 6.29 Å². The Balaban J connectivity index is 2.54. The van der Waals surface area contributed by atoms with Crippen LogP contribution in [0.4, 0.5) is 4.39 Å². The Bertz CT molecular complexity index is 448. The van der Waals surface area contributed by atoms with Crippen molar-refractivity contribution in [2.75, 3.05) is 27.3 Å². The largest absolute Gasteiger partial charge is 0.355 e. The van der Waals surface area contributed by atoms with E-state index in [9.17, 15) is 4.39 Å². The molecule has 0 radical (unpaired) electrons. The van der Waals surface area contributed by atoms with Crippen LogP contribution in [0, 0.1) is 17.1 Å². The van der Waals surface area contributed by atoms with Crippen molar-refractivity contribution in [3.05, 3.63) is 41.2 Å². The summed E-state index contributed by atoms with van der Waals surface area (Å²) in [7, 11) is 3.10. The minimum Gasteiger partial charge on any atom is -0.355 e. The molecule has 102 valence electrons. The molecule has 0 aliphatic rings. The topological polar surface area (TPSA) is 54.3 Å². The molecule has 0 spiro atoms. The number of ether oxygens (including phenoxy) is 2. The highest BCUT2D eigenvalue weighted by molar-refractivity contribution is 5.57. The maximum atomic E-state index is 12.7. The Labute approximate surface area is 112 Å². The van der Waals surface area contributed by atoms with Crippen molar-refractivity contribution < 1.29 is 13.9 Å². The highest BCUT2D eigenvalue weighted by Crippen LogP contribution is 2.07. The molecule has 19 heavy (non-hydrogen) atoms. The van der Waals surface area contributed by atoms with E-state index in [1.165, 1.54) is 12.1 Å². The fraction of sp³-hybridized carbons (Fsp3) is 0.357. The molecule has 0 saturated heterocycles. The molecule has 5 heteroatoms. The van der Waals surface area contributed by atoms with Crippen LogP contribution in [0.15, 0.2) is 29.8 Å². The summed E-state index contributed by atoms with van der Waals surface area (Å²) in [6.07, 6.45) is 1.37. The third-order valence-electron chi connectivity index (χ3n) is 2.51. The minimum absolute atomic E-state index is 0.295. The molecule has 1 rings (SSSR count). The average molecular weight is 264 g/mol. The van der Waals surface area contributed by atoms with Crippen molar-refractivity contribution in [1.82, 2.24) is 5.32 Å². The zero-order chi connectivity index (χ0) is 14.1. The van der Waals surface area contributed by atoms with Gasteiger partial charge in [0.1, 0.15) is 5.82 Å². The van der Waals surface area contributed by atoms with Crippen LogP contribution in [-0.4, -0.2) is 33.6 Å². The van der Waals surface area contributed by atoms with Crippen molar-refractivity contribution in [1.29, 1.82) is 5.26 Å². The molecule has 4 nitrogen and oxygen atoms in total. The van der Waals surface area contributed by atoms with E-state index >= 15 is 0 Å². The second-order valence-corrected chi connectivity index (χ2v) is 3.86. The summed E-state index contributed by atoms with van der Waals surface area (Å²) in [6, 6.07) is 8.07. The van der Waals surface area contributed by atoms with Crippen molar-refractivity contribution >= 4 is 6.08 Å². The number of nitriles is 1. The molecule has 0 aromatic heterocycles. The lowest BCUT2D eigenvalue weighted by Crippen LogP contribution is -2.30. The number of rotatable bonds is 7. The molecular weight excluding hydrogens is 247 g/mol. The van der Waals surface area contributed by atoms with Gasteiger partial charge in [-0.3, -0.25) is 0 Å². The number of nitrogens with zero attached hydrogens (tertiary/aromatic N) is 1. The minimum atomic E-state index is -0.342. The number of halogens is 1. The van der Waals surface area contributed by atoms with Gasteiger partial charge >= 0.3 is 0 Å². The van der Waals surface area contributed by atoms with Crippen LogP contribution in [0.5, 0.6) is 0 Å². The van der Waals surface area contributed by atoms with E-state index in [-0.39, 0.29) is 12.1 Å². The number of hydrogen-bond donors (Lipinski definition) is 1. The first-order valence-electron chi connectivity index (χ1n) is 5.82. The lowest BCUT2D eigenvalue weighted by atomic mass is 10.1. The predicted molar refractivity (Wildman–Crippen MR) is 70.7 cm³/mol. The third kappa shape index (κ3) is 5.62. The van der Waals surface area contributed by atoms with Crippen LogP contribution >= 0.6 is 0 Å². The molecule has 0 heterocycles. The van der Waals surface area contributed by atoms with Gasteiger partial charge in [-0.2, -0.15) is 5.26 Å². The Morgan fingerprint density at radius 3 is 2.53 bits per heavy atom. The zero-order valence-electron chi connectivity index (χ0n) is 11.0. The van der Waals surface area contributed by atoms with Gasteiger partial charge < -0.3 is 14.8 Å². The number of nitrogens with one attached hydrogen (secondary N) is 1. The van der Waals surface area contributed by atoms with Crippen LogP contribution in [0.2, 0.25) is 0 Å². The van der Waals surface area contributed by atoms with Crippen LogP contribution in [0.25, 0.3) is 6.08 Å². The molecule has 1 aromatic carbocycles. The van der Waals surface area contributed by atoms with E-state index < -0.39 is 0 Å². The van der Waals surface area contributed by atoms with Gasteiger partial charge in [-0.25, -0.2) is 4.39 Å². The highest BCUT2D eigenvalue weighted by atomic mass is 19.1. The molecule has 0 saturated carbocycles. The molecule has 0 amide bonds. The summed E-state index contributed by atoms with van der Waals surface area (Å²) < 4.78 is 22.8. The highest BCUT2D eigenvalue weighted by Gasteiger charge is 2.04. The summed E-state index contributed by atoms with van der Waals surface area (Å²) in [4.78, 5) is 0. The van der Waals surface area contributed by atoms with Crippen LogP contribution < -0.4 is 5.32 Å². The molecule has 0 atom stereocenters. The van der Waals surface area contributed by atoms with E-state index in [4.69, 9.17) is 14.7 Å². The molecule has 0 bridgehead atoms. The first kappa shape index (κ1) is 15.3. The maximum absolute atomic E-state index is 12.7. The van der Waals surface area contributed by atoms with Crippen LogP contribution in [0.1, 0.15) is 5.56 Å².